The molecule has 0 unspecified atom stereocenters. The van der Waals surface area contributed by atoms with E-state index < -0.39 is 29.7 Å². The van der Waals surface area contributed by atoms with Crippen molar-refractivity contribution in [2.24, 2.45) is 0 Å². The average Bonchev–Trinajstić information content (AvgIpc) is 2.91. The molecule has 0 atom stereocenters. The molecule has 4 aromatic rings. The van der Waals surface area contributed by atoms with E-state index in [1.807, 2.05) is 48.5 Å². The smallest absolute Gasteiger partial charge is 0.331 e. The molecule has 2 aromatic heterocycles. The number of likely N-dealkylation sites (N-methyl/N-ethyl adjacent to an activating group) is 1. The number of pyridine rings is 1. The van der Waals surface area contributed by atoms with E-state index in [1.165, 1.54) is 16.7 Å². The van der Waals surface area contributed by atoms with E-state index >= 15 is 0 Å². The van der Waals surface area contributed by atoms with Crippen LogP contribution in [0.25, 0.3) is 17.0 Å². The van der Waals surface area contributed by atoms with Gasteiger partial charge < -0.3 is 15.4 Å². The zero-order valence-electron chi connectivity index (χ0n) is 20.1. The minimum Gasteiger partial charge on any atom is -0.452 e. The van der Waals surface area contributed by atoms with Crippen molar-refractivity contribution in [2.45, 2.75) is 13.5 Å². The fourth-order valence-corrected chi connectivity index (χ4v) is 3.81. The van der Waals surface area contributed by atoms with E-state index in [2.05, 4.69) is 9.97 Å². The minimum atomic E-state index is -0.810. The first-order valence-corrected chi connectivity index (χ1v) is 11.5. The maximum Gasteiger partial charge on any atom is 0.331 e. The first-order chi connectivity index (χ1) is 17.9. The molecule has 0 bridgehead atoms. The van der Waals surface area contributed by atoms with Gasteiger partial charge in [0.25, 0.3) is 11.5 Å². The Morgan fingerprint density at radius 2 is 1.78 bits per heavy atom. The number of benzene rings is 2. The lowest BCUT2D eigenvalue weighted by molar-refractivity contribution is -0.142. The van der Waals surface area contributed by atoms with Gasteiger partial charge in [0, 0.05) is 18.0 Å². The number of aromatic nitrogens is 3. The van der Waals surface area contributed by atoms with E-state index in [9.17, 15) is 19.2 Å². The van der Waals surface area contributed by atoms with E-state index in [0.717, 1.165) is 21.4 Å². The van der Waals surface area contributed by atoms with Crippen LogP contribution in [0.5, 0.6) is 0 Å². The summed E-state index contributed by atoms with van der Waals surface area (Å²) in [5.41, 5.74) is 6.60. The molecule has 10 heteroatoms. The van der Waals surface area contributed by atoms with Gasteiger partial charge in [0.15, 0.2) is 12.3 Å². The van der Waals surface area contributed by atoms with Gasteiger partial charge in [-0.25, -0.2) is 14.6 Å². The van der Waals surface area contributed by atoms with E-state index in [-0.39, 0.29) is 24.6 Å². The predicted molar refractivity (Wildman–Crippen MR) is 141 cm³/mol. The van der Waals surface area contributed by atoms with Gasteiger partial charge >= 0.3 is 11.7 Å². The van der Waals surface area contributed by atoms with E-state index in [4.69, 9.17) is 10.5 Å². The van der Waals surface area contributed by atoms with Gasteiger partial charge in [-0.1, -0.05) is 54.6 Å². The first-order valence-electron chi connectivity index (χ1n) is 11.5. The highest BCUT2D eigenvalue weighted by Crippen LogP contribution is 2.18. The number of nitrogen functional groups attached to an aromatic ring is 1. The van der Waals surface area contributed by atoms with Crippen LogP contribution in [0, 0.1) is 0 Å². The Labute approximate surface area is 211 Å². The predicted octanol–water partition coefficient (Wildman–Crippen LogP) is 2.32. The number of ether oxygens (including phenoxy) is 1. The summed E-state index contributed by atoms with van der Waals surface area (Å²) >= 11 is 0. The summed E-state index contributed by atoms with van der Waals surface area (Å²) in [6, 6.07) is 20.3. The number of amides is 1. The third kappa shape index (κ3) is 5.81. The van der Waals surface area contributed by atoms with Crippen molar-refractivity contribution in [3.8, 4) is 0 Å². The van der Waals surface area contributed by atoms with Crippen LogP contribution in [0.15, 0.2) is 82.4 Å². The molecule has 0 saturated carbocycles. The molecular weight excluding hydrogens is 474 g/mol. The third-order valence-electron chi connectivity index (χ3n) is 5.63. The van der Waals surface area contributed by atoms with Gasteiger partial charge in [-0.15, -0.1) is 0 Å². The number of nitrogens with one attached hydrogen (secondary N) is 1. The van der Waals surface area contributed by atoms with Crippen molar-refractivity contribution in [2.75, 3.05) is 23.8 Å². The summed E-state index contributed by atoms with van der Waals surface area (Å²) in [6.45, 7) is 1.17. The number of para-hydroxylation sites is 1. The summed E-state index contributed by atoms with van der Waals surface area (Å²) in [5, 5.41) is 0.969. The second kappa shape index (κ2) is 11.2. The largest absolute Gasteiger partial charge is 0.452 e. The van der Waals surface area contributed by atoms with Crippen LogP contribution < -0.4 is 21.9 Å². The molecule has 0 fully saturated rings. The van der Waals surface area contributed by atoms with Crippen LogP contribution in [0.1, 0.15) is 18.2 Å². The van der Waals surface area contributed by atoms with Crippen LogP contribution in [-0.4, -0.2) is 39.6 Å². The number of carbonyl (C=O) groups excluding carboxylic acids is 2. The Balaban J connectivity index is 1.47. The molecule has 37 heavy (non-hydrogen) atoms. The molecule has 2 heterocycles. The molecule has 10 nitrogen and oxygen atoms in total. The summed E-state index contributed by atoms with van der Waals surface area (Å²) in [7, 11) is 0. The molecule has 1 amide bonds. The maximum atomic E-state index is 12.9. The highest BCUT2D eigenvalue weighted by atomic mass is 16.5. The summed E-state index contributed by atoms with van der Waals surface area (Å²) < 4.78 is 6.25. The van der Waals surface area contributed by atoms with Gasteiger partial charge in [-0.05, 0) is 30.7 Å². The Bertz CT molecular complexity index is 1590. The number of anilines is 2. The Morgan fingerprint density at radius 1 is 1.05 bits per heavy atom. The lowest BCUT2D eigenvalue weighted by Crippen LogP contribution is -2.42. The van der Waals surface area contributed by atoms with Crippen LogP contribution >= 0.6 is 0 Å². The van der Waals surface area contributed by atoms with Gasteiger partial charge in [0.05, 0.1) is 17.8 Å². The van der Waals surface area contributed by atoms with Crippen LogP contribution in [0.4, 0.5) is 11.5 Å². The number of hydrogen-bond donors (Lipinski definition) is 2. The number of aromatic amines is 1. The Hall–Kier alpha value is -4.99. The summed E-state index contributed by atoms with van der Waals surface area (Å²) in [5.74, 6) is -1.59. The van der Waals surface area contributed by atoms with Gasteiger partial charge in [0.2, 0.25) is 0 Å². The van der Waals surface area contributed by atoms with Gasteiger partial charge in [-0.2, -0.15) is 0 Å². The van der Waals surface area contributed by atoms with Crippen molar-refractivity contribution in [3.05, 3.63) is 105 Å². The van der Waals surface area contributed by atoms with Crippen molar-refractivity contribution >= 4 is 40.4 Å². The Morgan fingerprint density at radius 3 is 2.54 bits per heavy atom. The zero-order chi connectivity index (χ0) is 26.4. The highest BCUT2D eigenvalue weighted by molar-refractivity contribution is 5.98. The second-order valence-electron chi connectivity index (χ2n) is 8.07. The van der Waals surface area contributed by atoms with Crippen LogP contribution in [-0.2, 0) is 20.9 Å². The van der Waals surface area contributed by atoms with Crippen molar-refractivity contribution in [1.29, 1.82) is 0 Å². The fourth-order valence-electron chi connectivity index (χ4n) is 3.81. The number of rotatable bonds is 8. The Kier molecular flexibility index (Phi) is 7.58. The lowest BCUT2D eigenvalue weighted by Gasteiger charge is -2.23. The van der Waals surface area contributed by atoms with Crippen LogP contribution in [0.2, 0.25) is 0 Å². The standard InChI is InChI=1S/C27H25N5O5/c1-2-31(24-25(28)32(27(36)30-26(24)35)16-18-8-4-3-5-9-18)22(33)17-37-23(34)15-14-20-13-12-19-10-6-7-11-21(19)29-20/h3-15H,2,16-17,28H2,1H3,(H,30,35,36)/b15-14+. The quantitative estimate of drug-likeness (QED) is 0.280. The van der Waals surface area contributed by atoms with Crippen molar-refractivity contribution in [1.82, 2.24) is 14.5 Å². The van der Waals surface area contributed by atoms with Gasteiger partial charge in [0.1, 0.15) is 5.82 Å². The molecule has 4 rings (SSSR count). The zero-order valence-corrected chi connectivity index (χ0v) is 20.1. The number of carbonyl (C=O) groups is 2. The molecule has 2 aromatic carbocycles. The number of hydrogen-bond acceptors (Lipinski definition) is 7. The number of nitrogens with two attached hydrogens (primary N) is 1. The second-order valence-corrected chi connectivity index (χ2v) is 8.07. The number of esters is 1. The minimum absolute atomic E-state index is 0.0596. The number of H-pyrrole nitrogens is 1. The monoisotopic (exact) mass is 499 g/mol. The van der Waals surface area contributed by atoms with Crippen molar-refractivity contribution < 1.29 is 14.3 Å². The molecule has 0 aliphatic heterocycles. The number of fused-ring (bicyclic) bond motifs is 1. The molecular formula is C27H25N5O5. The van der Waals surface area contributed by atoms with E-state index in [0.29, 0.717) is 5.69 Å². The molecule has 0 spiro atoms. The molecule has 0 radical (unpaired) electrons. The number of nitrogens with zero attached hydrogens (tertiary/aromatic N) is 3. The van der Waals surface area contributed by atoms with E-state index in [1.54, 1.807) is 25.1 Å². The maximum absolute atomic E-state index is 12.9. The molecule has 0 aliphatic carbocycles. The summed E-state index contributed by atoms with van der Waals surface area (Å²) in [4.78, 5) is 57.8. The highest BCUT2D eigenvalue weighted by Gasteiger charge is 2.23. The topological polar surface area (TPSA) is 140 Å². The molecule has 0 aliphatic rings. The first kappa shape index (κ1) is 25.1. The SMILES string of the molecule is CCN(C(=O)COC(=O)/C=C/c1ccc2ccccc2n1)c1c(N)n(Cc2ccccc2)c(=O)[nH]c1=O. The lowest BCUT2D eigenvalue weighted by atomic mass is 10.2. The third-order valence-corrected chi connectivity index (χ3v) is 5.63. The van der Waals surface area contributed by atoms with Crippen molar-refractivity contribution in [3.63, 3.8) is 0 Å². The summed E-state index contributed by atoms with van der Waals surface area (Å²) in [6.07, 6.45) is 2.65. The molecule has 188 valence electrons. The van der Waals surface area contributed by atoms with Crippen LogP contribution in [0.3, 0.4) is 0 Å². The fraction of sp³-hybridized carbons (Fsp3) is 0.148. The van der Waals surface area contributed by atoms with Gasteiger partial charge in [-0.3, -0.25) is 19.1 Å². The molecule has 0 saturated heterocycles. The normalized spacial score (nSPS) is 11.1. The molecule has 3 N–H and O–H groups in total. The average molecular weight is 500 g/mol.